The predicted octanol–water partition coefficient (Wildman–Crippen LogP) is 9.70. The SMILES string of the molecule is CCCCCCCCCCCC(c1[nH]cc[n+]1CCCCC)C(C)(Cc1ccccc1)c1ccccc1. The van der Waals surface area contributed by atoms with Gasteiger partial charge in [0, 0.05) is 5.41 Å². The second kappa shape index (κ2) is 16.5. The molecule has 202 valence electrons. The van der Waals surface area contributed by atoms with Gasteiger partial charge in [-0.1, -0.05) is 146 Å². The molecule has 0 saturated heterocycles. The van der Waals surface area contributed by atoms with Crippen molar-refractivity contribution in [3.63, 3.8) is 0 Å². The van der Waals surface area contributed by atoms with Crippen molar-refractivity contribution in [2.24, 2.45) is 0 Å². The number of rotatable bonds is 19. The number of aromatic amines is 1. The van der Waals surface area contributed by atoms with Crippen LogP contribution in [0.2, 0.25) is 0 Å². The van der Waals surface area contributed by atoms with E-state index in [1.54, 1.807) is 0 Å². The van der Waals surface area contributed by atoms with Gasteiger partial charge in [0.05, 0.1) is 12.5 Å². The molecule has 0 aliphatic rings. The maximum atomic E-state index is 3.74. The fourth-order valence-electron chi connectivity index (χ4n) is 6.09. The zero-order valence-electron chi connectivity index (χ0n) is 24.1. The van der Waals surface area contributed by atoms with Crippen LogP contribution in [0.25, 0.3) is 0 Å². The lowest BCUT2D eigenvalue weighted by Gasteiger charge is -2.37. The molecule has 3 rings (SSSR count). The van der Waals surface area contributed by atoms with E-state index in [0.717, 1.165) is 13.0 Å². The van der Waals surface area contributed by atoms with Crippen molar-refractivity contribution in [2.45, 2.75) is 129 Å². The maximum Gasteiger partial charge on any atom is 0.258 e. The molecule has 0 saturated carbocycles. The van der Waals surface area contributed by atoms with E-state index >= 15 is 0 Å². The number of H-pyrrole nitrogens is 1. The van der Waals surface area contributed by atoms with E-state index < -0.39 is 0 Å². The van der Waals surface area contributed by atoms with Gasteiger partial charge >= 0.3 is 0 Å². The number of hydrogen-bond donors (Lipinski definition) is 1. The molecule has 1 N–H and O–H groups in total. The molecule has 0 fully saturated rings. The van der Waals surface area contributed by atoms with Crippen LogP contribution in [0, 0.1) is 0 Å². The first-order chi connectivity index (χ1) is 18.2. The van der Waals surface area contributed by atoms with Crippen LogP contribution in [-0.4, -0.2) is 4.98 Å². The van der Waals surface area contributed by atoms with E-state index in [0.29, 0.717) is 5.92 Å². The minimum absolute atomic E-state index is 0.0140. The van der Waals surface area contributed by atoms with Crippen molar-refractivity contribution in [1.82, 2.24) is 4.98 Å². The molecule has 2 aromatic carbocycles. The molecule has 2 unspecified atom stereocenters. The predicted molar refractivity (Wildman–Crippen MR) is 159 cm³/mol. The van der Waals surface area contributed by atoms with Crippen LogP contribution in [0.3, 0.4) is 0 Å². The van der Waals surface area contributed by atoms with E-state index in [4.69, 9.17) is 0 Å². The maximum absolute atomic E-state index is 3.74. The molecule has 2 nitrogen and oxygen atoms in total. The largest absolute Gasteiger partial charge is 0.258 e. The Morgan fingerprint density at radius 1 is 0.703 bits per heavy atom. The van der Waals surface area contributed by atoms with Gasteiger partial charge in [0.15, 0.2) is 0 Å². The summed E-state index contributed by atoms with van der Waals surface area (Å²) in [6, 6.07) is 22.4. The van der Waals surface area contributed by atoms with Gasteiger partial charge in [-0.3, -0.25) is 0 Å². The molecule has 1 heterocycles. The molecule has 37 heavy (non-hydrogen) atoms. The zero-order chi connectivity index (χ0) is 26.2. The monoisotopic (exact) mass is 501 g/mol. The minimum atomic E-state index is 0.0140. The van der Waals surface area contributed by atoms with Gasteiger partial charge < -0.3 is 0 Å². The number of unbranched alkanes of at least 4 members (excludes halogenated alkanes) is 10. The molecular formula is C35H53N2+. The highest BCUT2D eigenvalue weighted by Crippen LogP contribution is 2.43. The molecule has 0 aliphatic carbocycles. The Labute approximate surface area is 227 Å². The molecule has 3 aromatic rings. The number of aromatic nitrogens is 2. The fraction of sp³-hybridized carbons (Fsp3) is 0.571. The number of nitrogens with one attached hydrogen (secondary N) is 1. The van der Waals surface area contributed by atoms with Crippen molar-refractivity contribution < 1.29 is 4.57 Å². The van der Waals surface area contributed by atoms with Gasteiger partial charge in [-0.05, 0) is 36.8 Å². The third-order valence-electron chi connectivity index (χ3n) is 8.34. The Hall–Kier alpha value is -2.35. The first kappa shape index (κ1) is 29.2. The van der Waals surface area contributed by atoms with Crippen LogP contribution in [0.5, 0.6) is 0 Å². The number of hydrogen-bond acceptors (Lipinski definition) is 0. The molecule has 1 aromatic heterocycles. The molecule has 0 bridgehead atoms. The second-order valence-electron chi connectivity index (χ2n) is 11.4. The van der Waals surface area contributed by atoms with Gasteiger partial charge in [-0.2, -0.15) is 0 Å². The smallest absolute Gasteiger partial charge is 0.247 e. The minimum Gasteiger partial charge on any atom is -0.247 e. The standard InChI is InChI=1S/C35H52N2/c1-4-6-8-9-10-11-12-13-20-26-33(34-36-27-29-37(34)28-21-7-5-2)35(3,32-24-18-15-19-25-32)30-31-22-16-14-17-23-31/h14-19,22-25,27,29,33H,4-13,20-21,26,28,30H2,1-3H3/p+1. The average Bonchev–Trinajstić information content (AvgIpc) is 3.39. The molecule has 0 aliphatic heterocycles. The van der Waals surface area contributed by atoms with E-state index in [1.807, 2.05) is 0 Å². The van der Waals surface area contributed by atoms with E-state index in [1.165, 1.54) is 100 Å². The summed E-state index contributed by atoms with van der Waals surface area (Å²) in [5.41, 5.74) is 2.89. The summed E-state index contributed by atoms with van der Waals surface area (Å²) >= 11 is 0. The van der Waals surface area contributed by atoms with Crippen molar-refractivity contribution >= 4 is 0 Å². The number of aryl methyl sites for hydroxylation is 1. The first-order valence-electron chi connectivity index (χ1n) is 15.3. The molecular weight excluding hydrogens is 448 g/mol. The first-order valence-corrected chi connectivity index (χ1v) is 15.3. The molecule has 2 atom stereocenters. The summed E-state index contributed by atoms with van der Waals surface area (Å²) in [6.07, 6.45) is 22.9. The third-order valence-corrected chi connectivity index (χ3v) is 8.34. The fourth-order valence-corrected chi connectivity index (χ4v) is 6.09. The molecule has 2 heteroatoms. The topological polar surface area (TPSA) is 19.7 Å². The Bertz CT molecular complexity index is 961. The van der Waals surface area contributed by atoms with Crippen LogP contribution >= 0.6 is 0 Å². The van der Waals surface area contributed by atoms with Gasteiger partial charge in [-0.15, -0.1) is 0 Å². The van der Waals surface area contributed by atoms with Crippen LogP contribution in [-0.2, 0) is 18.4 Å². The number of imidazole rings is 1. The van der Waals surface area contributed by atoms with Crippen molar-refractivity contribution in [2.75, 3.05) is 0 Å². The van der Waals surface area contributed by atoms with Crippen LogP contribution in [0.4, 0.5) is 0 Å². The van der Waals surface area contributed by atoms with Crippen LogP contribution in [0.1, 0.15) is 127 Å². The van der Waals surface area contributed by atoms with E-state index in [2.05, 4.69) is 103 Å². The van der Waals surface area contributed by atoms with E-state index in [9.17, 15) is 0 Å². The highest BCUT2D eigenvalue weighted by Gasteiger charge is 2.41. The Balaban J connectivity index is 1.81. The molecule has 0 spiro atoms. The summed E-state index contributed by atoms with van der Waals surface area (Å²) in [7, 11) is 0. The average molecular weight is 502 g/mol. The molecule has 0 radical (unpaired) electrons. The van der Waals surface area contributed by atoms with E-state index in [-0.39, 0.29) is 5.41 Å². The van der Waals surface area contributed by atoms with Crippen molar-refractivity contribution in [3.8, 4) is 0 Å². The Morgan fingerprint density at radius 2 is 1.27 bits per heavy atom. The summed E-state index contributed by atoms with van der Waals surface area (Å²) in [4.78, 5) is 3.74. The van der Waals surface area contributed by atoms with Gasteiger partial charge in [0.25, 0.3) is 5.82 Å². The molecule has 0 amide bonds. The summed E-state index contributed by atoms with van der Waals surface area (Å²) in [5.74, 6) is 1.86. The summed E-state index contributed by atoms with van der Waals surface area (Å²) in [5, 5.41) is 0. The normalized spacial score (nSPS) is 13.9. The lowest BCUT2D eigenvalue weighted by Crippen LogP contribution is -2.43. The summed E-state index contributed by atoms with van der Waals surface area (Å²) in [6.45, 7) is 8.22. The third kappa shape index (κ3) is 9.16. The van der Waals surface area contributed by atoms with Gasteiger partial charge in [-0.25, -0.2) is 9.55 Å². The van der Waals surface area contributed by atoms with Crippen molar-refractivity contribution in [3.05, 3.63) is 90.0 Å². The lowest BCUT2D eigenvalue weighted by atomic mass is 9.66. The highest BCUT2D eigenvalue weighted by molar-refractivity contribution is 5.32. The van der Waals surface area contributed by atoms with Crippen LogP contribution in [0.15, 0.2) is 73.1 Å². The lowest BCUT2D eigenvalue weighted by molar-refractivity contribution is -0.705. The van der Waals surface area contributed by atoms with Crippen LogP contribution < -0.4 is 4.57 Å². The Morgan fingerprint density at radius 3 is 1.92 bits per heavy atom. The number of nitrogens with zero attached hydrogens (tertiary/aromatic N) is 1. The van der Waals surface area contributed by atoms with Crippen molar-refractivity contribution in [1.29, 1.82) is 0 Å². The number of benzene rings is 2. The Kier molecular flexibility index (Phi) is 13.0. The quantitative estimate of drug-likeness (QED) is 0.125. The zero-order valence-corrected chi connectivity index (χ0v) is 24.1. The van der Waals surface area contributed by atoms with Gasteiger partial charge in [0.2, 0.25) is 0 Å². The summed E-state index contributed by atoms with van der Waals surface area (Å²) < 4.78 is 2.53. The van der Waals surface area contributed by atoms with Gasteiger partial charge in [0.1, 0.15) is 12.4 Å². The highest BCUT2D eigenvalue weighted by atomic mass is 15.1. The second-order valence-corrected chi connectivity index (χ2v) is 11.4.